The van der Waals surface area contributed by atoms with E-state index in [2.05, 4.69) is 10.3 Å². The Morgan fingerprint density at radius 2 is 1.76 bits per heavy atom. The molecular formula is C24H20F7N3O3. The Kier molecular flexibility index (Phi) is 6.16. The van der Waals surface area contributed by atoms with Gasteiger partial charge in [-0.3, -0.25) is 9.59 Å². The molecule has 3 aliphatic rings. The van der Waals surface area contributed by atoms with Gasteiger partial charge in [-0.05, 0) is 43.0 Å². The molecule has 198 valence electrons. The number of halogens is 7. The molecule has 1 aromatic heterocycles. The van der Waals surface area contributed by atoms with Crippen molar-refractivity contribution in [3.05, 3.63) is 64.7 Å². The number of alkyl halides is 6. The van der Waals surface area contributed by atoms with Crippen molar-refractivity contribution in [3.63, 3.8) is 0 Å². The standard InChI is InChI=1S/C24H20F7N3O3/c25-15-8-13(23(26,27)28)4-5-14(15)20(12-9-37-10-12)33-21(35)18-7-11-6-17(11)34(18)22(36)16-2-1-3-19(32-16)24(29,30)31/h1-5,8,11-12,17-18,20H,6-7,9-10H2,(H,33,35)/t11-,17-,18-,20?/m1/s1. The molecular weight excluding hydrogens is 511 g/mol. The zero-order valence-electron chi connectivity index (χ0n) is 18.9. The van der Waals surface area contributed by atoms with E-state index in [1.165, 1.54) is 4.90 Å². The van der Waals surface area contributed by atoms with E-state index < -0.39 is 64.9 Å². The zero-order valence-corrected chi connectivity index (χ0v) is 18.9. The van der Waals surface area contributed by atoms with Gasteiger partial charge < -0.3 is 15.0 Å². The van der Waals surface area contributed by atoms with Crippen molar-refractivity contribution in [2.45, 2.75) is 43.3 Å². The number of carbonyl (C=O) groups excluding carboxylic acids is 2. The van der Waals surface area contributed by atoms with Crippen LogP contribution < -0.4 is 5.32 Å². The Morgan fingerprint density at radius 3 is 2.35 bits per heavy atom. The number of amides is 2. The van der Waals surface area contributed by atoms with Gasteiger partial charge in [0.1, 0.15) is 23.2 Å². The molecule has 0 radical (unpaired) electrons. The highest BCUT2D eigenvalue weighted by Crippen LogP contribution is 2.48. The SMILES string of the molecule is O=C(NC(c1ccc(C(F)(F)F)cc1F)C1COC1)[C@H]1C[C@H]2C[C@H]2N1C(=O)c1cccc(C(F)(F)F)n1. The molecule has 1 aromatic carbocycles. The molecule has 1 unspecified atom stereocenters. The van der Waals surface area contributed by atoms with E-state index in [4.69, 9.17) is 4.74 Å². The first-order valence-electron chi connectivity index (χ1n) is 11.5. The van der Waals surface area contributed by atoms with Crippen LogP contribution in [0.2, 0.25) is 0 Å². The molecule has 1 aliphatic carbocycles. The second kappa shape index (κ2) is 8.96. The van der Waals surface area contributed by atoms with Crippen molar-refractivity contribution in [2.24, 2.45) is 11.8 Å². The number of fused-ring (bicyclic) bond motifs is 1. The molecule has 1 N–H and O–H groups in total. The zero-order chi connectivity index (χ0) is 26.7. The monoisotopic (exact) mass is 531 g/mol. The fourth-order valence-electron chi connectivity index (χ4n) is 4.93. The van der Waals surface area contributed by atoms with Crippen molar-refractivity contribution in [1.29, 1.82) is 0 Å². The van der Waals surface area contributed by atoms with Crippen molar-refractivity contribution in [1.82, 2.24) is 15.2 Å². The number of carbonyl (C=O) groups is 2. The second-order valence-corrected chi connectivity index (χ2v) is 9.45. The lowest BCUT2D eigenvalue weighted by atomic mass is 9.90. The third-order valence-electron chi connectivity index (χ3n) is 7.00. The van der Waals surface area contributed by atoms with Crippen molar-refractivity contribution < 1.29 is 45.1 Å². The van der Waals surface area contributed by atoms with Gasteiger partial charge >= 0.3 is 12.4 Å². The van der Waals surface area contributed by atoms with Crippen molar-refractivity contribution >= 4 is 11.8 Å². The molecule has 4 atom stereocenters. The van der Waals surface area contributed by atoms with Gasteiger partial charge in [0.25, 0.3) is 5.91 Å². The van der Waals surface area contributed by atoms with Crippen LogP contribution in [0.5, 0.6) is 0 Å². The normalized spacial score (nSPS) is 24.3. The summed E-state index contributed by atoms with van der Waals surface area (Å²) in [6.07, 6.45) is -8.67. The molecule has 5 rings (SSSR count). The van der Waals surface area contributed by atoms with Gasteiger partial charge in [0.2, 0.25) is 5.91 Å². The van der Waals surface area contributed by atoms with E-state index in [9.17, 15) is 40.3 Å². The van der Waals surface area contributed by atoms with Gasteiger partial charge in [-0.25, -0.2) is 9.37 Å². The van der Waals surface area contributed by atoms with Crippen molar-refractivity contribution in [2.75, 3.05) is 13.2 Å². The molecule has 0 spiro atoms. The van der Waals surface area contributed by atoms with E-state index in [0.29, 0.717) is 12.5 Å². The summed E-state index contributed by atoms with van der Waals surface area (Å²) in [5, 5.41) is 2.65. The van der Waals surface area contributed by atoms with E-state index in [-0.39, 0.29) is 37.2 Å². The van der Waals surface area contributed by atoms with Gasteiger partial charge in [0, 0.05) is 17.5 Å². The lowest BCUT2D eigenvalue weighted by Gasteiger charge is -2.36. The summed E-state index contributed by atoms with van der Waals surface area (Å²) in [6.45, 7) is 0.274. The van der Waals surface area contributed by atoms with Gasteiger partial charge in [0.05, 0.1) is 24.8 Å². The number of aromatic nitrogens is 1. The predicted octanol–water partition coefficient (Wildman–Crippen LogP) is 4.37. The minimum Gasteiger partial charge on any atom is -0.381 e. The summed E-state index contributed by atoms with van der Waals surface area (Å²) >= 11 is 0. The maximum absolute atomic E-state index is 14.8. The number of ether oxygens (including phenoxy) is 1. The first-order chi connectivity index (χ1) is 17.3. The summed E-state index contributed by atoms with van der Waals surface area (Å²) in [6, 6.07) is 2.54. The second-order valence-electron chi connectivity index (χ2n) is 9.45. The number of rotatable bonds is 5. The highest BCUT2D eigenvalue weighted by atomic mass is 19.4. The van der Waals surface area contributed by atoms with Crippen LogP contribution in [-0.4, -0.2) is 47.0 Å². The largest absolute Gasteiger partial charge is 0.433 e. The molecule has 3 fully saturated rings. The van der Waals surface area contributed by atoms with Crippen LogP contribution in [0.4, 0.5) is 30.7 Å². The van der Waals surface area contributed by atoms with E-state index >= 15 is 0 Å². The van der Waals surface area contributed by atoms with Crippen LogP contribution >= 0.6 is 0 Å². The number of nitrogens with one attached hydrogen (secondary N) is 1. The first-order valence-corrected chi connectivity index (χ1v) is 11.5. The third-order valence-corrected chi connectivity index (χ3v) is 7.00. The molecule has 3 heterocycles. The fourth-order valence-corrected chi connectivity index (χ4v) is 4.93. The number of piperidine rings is 1. The minimum atomic E-state index is -4.76. The van der Waals surface area contributed by atoms with Crippen LogP contribution in [-0.2, 0) is 21.9 Å². The minimum absolute atomic E-state index is 0.0150. The number of hydrogen-bond acceptors (Lipinski definition) is 4. The smallest absolute Gasteiger partial charge is 0.381 e. The van der Waals surface area contributed by atoms with Gasteiger partial charge in [-0.15, -0.1) is 0 Å². The van der Waals surface area contributed by atoms with Crippen LogP contribution in [0.15, 0.2) is 36.4 Å². The Hall–Kier alpha value is -3.22. The summed E-state index contributed by atoms with van der Waals surface area (Å²) in [5.74, 6) is -3.09. The molecule has 2 saturated heterocycles. The number of benzene rings is 1. The van der Waals surface area contributed by atoms with Gasteiger partial charge in [-0.1, -0.05) is 12.1 Å². The number of pyridine rings is 1. The Morgan fingerprint density at radius 1 is 1.03 bits per heavy atom. The average molecular weight is 531 g/mol. The first kappa shape index (κ1) is 25.4. The van der Waals surface area contributed by atoms with E-state index in [0.717, 1.165) is 30.3 Å². The summed E-state index contributed by atoms with van der Waals surface area (Å²) in [5.41, 5.74) is -3.04. The quantitative estimate of drug-likeness (QED) is 0.582. The molecule has 1 saturated carbocycles. The van der Waals surface area contributed by atoms with E-state index in [1.807, 2.05) is 0 Å². The number of likely N-dealkylation sites (tertiary alicyclic amines) is 1. The molecule has 2 aromatic rings. The molecule has 37 heavy (non-hydrogen) atoms. The van der Waals surface area contributed by atoms with Crippen LogP contribution in [0.3, 0.4) is 0 Å². The maximum atomic E-state index is 14.8. The molecule has 6 nitrogen and oxygen atoms in total. The van der Waals surface area contributed by atoms with E-state index in [1.54, 1.807) is 0 Å². The topological polar surface area (TPSA) is 71.5 Å². The average Bonchev–Trinajstić information content (AvgIpc) is 3.45. The van der Waals surface area contributed by atoms with Gasteiger partial charge in [-0.2, -0.15) is 26.3 Å². The molecule has 2 aliphatic heterocycles. The Balaban J connectivity index is 1.38. The molecule has 2 amide bonds. The van der Waals surface area contributed by atoms with Crippen LogP contribution in [0.1, 0.15) is 46.2 Å². The predicted molar refractivity (Wildman–Crippen MR) is 112 cm³/mol. The fraction of sp³-hybridized carbons (Fsp3) is 0.458. The number of hydrogen-bond donors (Lipinski definition) is 1. The van der Waals surface area contributed by atoms with Crippen LogP contribution in [0.25, 0.3) is 0 Å². The third kappa shape index (κ3) is 4.88. The Labute approximate surface area is 205 Å². The molecule has 0 bridgehead atoms. The molecule has 13 heteroatoms. The van der Waals surface area contributed by atoms with Crippen LogP contribution in [0, 0.1) is 17.7 Å². The highest BCUT2D eigenvalue weighted by Gasteiger charge is 2.56. The highest BCUT2D eigenvalue weighted by molar-refractivity contribution is 5.97. The lowest BCUT2D eigenvalue weighted by molar-refractivity contribution is -0.141. The summed E-state index contributed by atoms with van der Waals surface area (Å²) in [4.78, 5) is 31.1. The lowest BCUT2D eigenvalue weighted by Crippen LogP contribution is -2.51. The number of nitrogens with zero attached hydrogens (tertiary/aromatic N) is 2. The van der Waals surface area contributed by atoms with Gasteiger partial charge in [0.15, 0.2) is 0 Å². The summed E-state index contributed by atoms with van der Waals surface area (Å²) in [7, 11) is 0. The Bertz CT molecular complexity index is 1230. The summed E-state index contributed by atoms with van der Waals surface area (Å²) < 4.78 is 98.1. The maximum Gasteiger partial charge on any atom is 0.433 e. The van der Waals surface area contributed by atoms with Crippen molar-refractivity contribution in [3.8, 4) is 0 Å².